The first-order valence-corrected chi connectivity index (χ1v) is 8.87. The van der Waals surface area contributed by atoms with E-state index >= 15 is 0 Å². The number of rotatable bonds is 4. The lowest BCUT2D eigenvalue weighted by atomic mass is 10.1. The third kappa shape index (κ3) is 3.23. The molecule has 0 saturated heterocycles. The van der Waals surface area contributed by atoms with E-state index in [0.29, 0.717) is 12.0 Å². The molecule has 0 aromatic heterocycles. The van der Waals surface area contributed by atoms with Gasteiger partial charge >= 0.3 is 0 Å². The van der Waals surface area contributed by atoms with Gasteiger partial charge in [0.15, 0.2) is 0 Å². The van der Waals surface area contributed by atoms with Gasteiger partial charge in [0, 0.05) is 6.08 Å². The second-order valence-electron chi connectivity index (χ2n) is 5.77. The molecule has 2 aromatic rings. The van der Waals surface area contributed by atoms with E-state index in [-0.39, 0.29) is 17.3 Å². The van der Waals surface area contributed by atoms with Crippen molar-refractivity contribution in [2.24, 2.45) is 0 Å². The number of halogens is 1. The largest absolute Gasteiger partial charge is 0.269 e. The lowest BCUT2D eigenvalue weighted by molar-refractivity contribution is -0.120. The Morgan fingerprint density at radius 2 is 1.67 bits per heavy atom. The van der Waals surface area contributed by atoms with E-state index in [1.165, 1.54) is 30.3 Å². The standard InChI is InChI=1S/C18H16FNO3S/c1-13-2-8-17(9-3-13)24(22,23)20-12-15(11-18(20)21)10-14-4-6-16(19)7-5-14/h2-9,11H,10,12H2,1H3. The number of amides is 1. The van der Waals surface area contributed by atoms with Gasteiger partial charge in [0.25, 0.3) is 15.9 Å². The molecule has 0 saturated carbocycles. The Bertz CT molecular complexity index is 900. The smallest absolute Gasteiger partial charge is 0.267 e. The van der Waals surface area contributed by atoms with E-state index in [9.17, 15) is 17.6 Å². The van der Waals surface area contributed by atoms with Gasteiger partial charge in [-0.3, -0.25) is 4.79 Å². The van der Waals surface area contributed by atoms with Crippen LogP contribution in [0.15, 0.2) is 65.1 Å². The predicted molar refractivity (Wildman–Crippen MR) is 88.3 cm³/mol. The summed E-state index contributed by atoms with van der Waals surface area (Å²) < 4.78 is 39.1. The monoisotopic (exact) mass is 345 g/mol. The quantitative estimate of drug-likeness (QED) is 0.856. The zero-order valence-electron chi connectivity index (χ0n) is 13.1. The van der Waals surface area contributed by atoms with Gasteiger partial charge in [-0.05, 0) is 48.7 Å². The summed E-state index contributed by atoms with van der Waals surface area (Å²) in [6.45, 7) is 1.88. The second kappa shape index (κ2) is 6.20. The summed E-state index contributed by atoms with van der Waals surface area (Å²) in [5, 5.41) is 0. The van der Waals surface area contributed by atoms with Gasteiger partial charge in [0.05, 0.1) is 11.4 Å². The molecule has 0 atom stereocenters. The molecule has 0 N–H and O–H groups in total. The van der Waals surface area contributed by atoms with E-state index in [1.54, 1.807) is 24.3 Å². The highest BCUT2D eigenvalue weighted by Crippen LogP contribution is 2.24. The predicted octanol–water partition coefficient (Wildman–Crippen LogP) is 2.83. The van der Waals surface area contributed by atoms with Gasteiger partial charge in [-0.2, -0.15) is 0 Å². The van der Waals surface area contributed by atoms with Gasteiger partial charge in [-0.1, -0.05) is 29.8 Å². The molecule has 0 bridgehead atoms. The molecule has 1 aliphatic heterocycles. The molecule has 2 aromatic carbocycles. The minimum atomic E-state index is -3.86. The van der Waals surface area contributed by atoms with Crippen LogP contribution in [0.5, 0.6) is 0 Å². The van der Waals surface area contributed by atoms with E-state index in [2.05, 4.69) is 0 Å². The maximum absolute atomic E-state index is 12.9. The van der Waals surface area contributed by atoms with Crippen LogP contribution in [0.1, 0.15) is 11.1 Å². The first-order chi connectivity index (χ1) is 11.4. The third-order valence-electron chi connectivity index (χ3n) is 3.87. The Labute approximate surface area is 140 Å². The van der Waals surface area contributed by atoms with Crippen molar-refractivity contribution >= 4 is 15.9 Å². The molecule has 124 valence electrons. The number of nitrogens with zero attached hydrogens (tertiary/aromatic N) is 1. The summed E-state index contributed by atoms with van der Waals surface area (Å²) in [5.41, 5.74) is 2.45. The molecular formula is C18H16FNO3S. The van der Waals surface area contributed by atoms with E-state index in [0.717, 1.165) is 15.4 Å². The van der Waals surface area contributed by atoms with Crippen LogP contribution < -0.4 is 0 Å². The fourth-order valence-electron chi connectivity index (χ4n) is 2.57. The highest BCUT2D eigenvalue weighted by molar-refractivity contribution is 7.89. The first kappa shape index (κ1) is 16.4. The van der Waals surface area contributed by atoms with E-state index < -0.39 is 15.9 Å². The van der Waals surface area contributed by atoms with Crippen LogP contribution >= 0.6 is 0 Å². The number of hydrogen-bond acceptors (Lipinski definition) is 3. The number of benzene rings is 2. The van der Waals surface area contributed by atoms with Crippen LogP contribution in [0.25, 0.3) is 0 Å². The van der Waals surface area contributed by atoms with E-state index in [1.807, 2.05) is 6.92 Å². The van der Waals surface area contributed by atoms with Gasteiger partial charge in [0.2, 0.25) is 0 Å². The second-order valence-corrected chi connectivity index (χ2v) is 7.63. The van der Waals surface area contributed by atoms with Crippen LogP contribution in [0.4, 0.5) is 4.39 Å². The Hall–Kier alpha value is -2.47. The Morgan fingerprint density at radius 3 is 2.29 bits per heavy atom. The van der Waals surface area contributed by atoms with Gasteiger partial charge in [0.1, 0.15) is 5.82 Å². The van der Waals surface area contributed by atoms with Crippen molar-refractivity contribution in [3.8, 4) is 0 Å². The molecule has 1 aliphatic rings. The number of hydrogen-bond donors (Lipinski definition) is 0. The SMILES string of the molecule is Cc1ccc(S(=O)(=O)N2CC(Cc3ccc(F)cc3)=CC2=O)cc1. The zero-order chi connectivity index (χ0) is 17.3. The summed E-state index contributed by atoms with van der Waals surface area (Å²) in [5.74, 6) is -0.883. The maximum atomic E-state index is 12.9. The lowest BCUT2D eigenvalue weighted by Crippen LogP contribution is -2.33. The average molecular weight is 345 g/mol. The highest BCUT2D eigenvalue weighted by Gasteiger charge is 2.33. The Morgan fingerprint density at radius 1 is 1.04 bits per heavy atom. The summed E-state index contributed by atoms with van der Waals surface area (Å²) in [6.07, 6.45) is 1.75. The maximum Gasteiger partial charge on any atom is 0.267 e. The van der Waals surface area contributed by atoms with Crippen LogP contribution in [-0.2, 0) is 21.2 Å². The average Bonchev–Trinajstić information content (AvgIpc) is 2.91. The Balaban J connectivity index is 1.79. The van der Waals surface area contributed by atoms with Crippen molar-refractivity contribution in [1.82, 2.24) is 4.31 Å². The van der Waals surface area contributed by atoms with Crippen molar-refractivity contribution in [1.29, 1.82) is 0 Å². The first-order valence-electron chi connectivity index (χ1n) is 7.43. The van der Waals surface area contributed by atoms with Crippen molar-refractivity contribution in [2.75, 3.05) is 6.54 Å². The third-order valence-corrected chi connectivity index (χ3v) is 5.63. The topological polar surface area (TPSA) is 54.5 Å². The summed E-state index contributed by atoms with van der Waals surface area (Å²) >= 11 is 0. The van der Waals surface area contributed by atoms with Gasteiger partial charge in [-0.15, -0.1) is 0 Å². The van der Waals surface area contributed by atoms with Crippen molar-refractivity contribution in [3.63, 3.8) is 0 Å². The molecule has 4 nitrogen and oxygen atoms in total. The molecule has 1 amide bonds. The number of carbonyl (C=O) groups excluding carboxylic acids is 1. The number of aryl methyl sites for hydroxylation is 1. The minimum absolute atomic E-state index is 0.0203. The molecule has 0 radical (unpaired) electrons. The van der Waals surface area contributed by atoms with Crippen LogP contribution in [0, 0.1) is 12.7 Å². The van der Waals surface area contributed by atoms with Crippen molar-refractivity contribution < 1.29 is 17.6 Å². The molecule has 3 rings (SSSR count). The van der Waals surface area contributed by atoms with Gasteiger partial charge in [-0.25, -0.2) is 17.1 Å². The minimum Gasteiger partial charge on any atom is -0.269 e. The molecule has 24 heavy (non-hydrogen) atoms. The zero-order valence-corrected chi connectivity index (χ0v) is 13.9. The lowest BCUT2D eigenvalue weighted by Gasteiger charge is -2.17. The van der Waals surface area contributed by atoms with Crippen LogP contribution in [-0.4, -0.2) is 25.2 Å². The fourth-order valence-corrected chi connectivity index (χ4v) is 3.93. The molecular weight excluding hydrogens is 329 g/mol. The molecule has 0 aliphatic carbocycles. The summed E-state index contributed by atoms with van der Waals surface area (Å²) in [7, 11) is -3.86. The molecule has 0 spiro atoms. The van der Waals surface area contributed by atoms with Crippen molar-refractivity contribution in [3.05, 3.63) is 77.1 Å². The summed E-state index contributed by atoms with van der Waals surface area (Å²) in [6, 6.07) is 12.3. The molecule has 0 fully saturated rings. The van der Waals surface area contributed by atoms with Gasteiger partial charge < -0.3 is 0 Å². The van der Waals surface area contributed by atoms with Crippen LogP contribution in [0.2, 0.25) is 0 Å². The van der Waals surface area contributed by atoms with Crippen molar-refractivity contribution in [2.45, 2.75) is 18.2 Å². The highest BCUT2D eigenvalue weighted by atomic mass is 32.2. The normalized spacial score (nSPS) is 14.8. The molecule has 6 heteroatoms. The molecule has 1 heterocycles. The Kier molecular flexibility index (Phi) is 4.24. The summed E-state index contributed by atoms with van der Waals surface area (Å²) in [4.78, 5) is 12.2. The number of sulfonamides is 1. The fraction of sp³-hybridized carbons (Fsp3) is 0.167. The molecule has 0 unspecified atom stereocenters. The number of carbonyl (C=O) groups is 1. The van der Waals surface area contributed by atoms with E-state index in [4.69, 9.17) is 0 Å². The van der Waals surface area contributed by atoms with Crippen LogP contribution in [0.3, 0.4) is 0 Å².